The van der Waals surface area contributed by atoms with Gasteiger partial charge >= 0.3 is 12.1 Å². The normalized spacial score (nSPS) is 11.8. The van der Waals surface area contributed by atoms with Crippen molar-refractivity contribution < 1.29 is 23.1 Å². The zero-order valence-corrected chi connectivity index (χ0v) is 11.8. The van der Waals surface area contributed by atoms with Crippen LogP contribution in [0.4, 0.5) is 13.2 Å². The number of hydrogen-bond acceptors (Lipinski definition) is 1. The van der Waals surface area contributed by atoms with E-state index in [9.17, 15) is 18.0 Å². The molecule has 118 valence electrons. The number of nitrogens with one attached hydrogen (secondary N) is 1. The van der Waals surface area contributed by atoms with Crippen molar-refractivity contribution in [2.75, 3.05) is 0 Å². The minimum Gasteiger partial charge on any atom is -0.478 e. The lowest BCUT2D eigenvalue weighted by molar-refractivity contribution is -0.137. The van der Waals surface area contributed by atoms with Gasteiger partial charge in [-0.3, -0.25) is 0 Å². The second-order valence-electron chi connectivity index (χ2n) is 5.25. The van der Waals surface area contributed by atoms with E-state index in [1.807, 2.05) is 0 Å². The molecule has 3 nitrogen and oxygen atoms in total. The third kappa shape index (κ3) is 3.06. The fourth-order valence-electron chi connectivity index (χ4n) is 2.50. The number of carbonyl (C=O) groups is 1. The van der Waals surface area contributed by atoms with Crippen molar-refractivity contribution in [1.82, 2.24) is 4.98 Å². The van der Waals surface area contributed by atoms with E-state index in [0.29, 0.717) is 11.9 Å². The second-order valence-corrected chi connectivity index (χ2v) is 5.25. The van der Waals surface area contributed by atoms with Crippen LogP contribution in [-0.4, -0.2) is 16.1 Å². The van der Waals surface area contributed by atoms with Crippen molar-refractivity contribution in [1.29, 1.82) is 0 Å². The Hall–Kier alpha value is -2.76. The molecule has 0 unspecified atom stereocenters. The highest BCUT2D eigenvalue weighted by Gasteiger charge is 2.29. The Morgan fingerprint density at radius 2 is 1.78 bits per heavy atom. The van der Waals surface area contributed by atoms with Crippen molar-refractivity contribution in [3.63, 3.8) is 0 Å². The Labute approximate surface area is 129 Å². The quantitative estimate of drug-likeness (QED) is 0.748. The summed E-state index contributed by atoms with van der Waals surface area (Å²) in [4.78, 5) is 13.9. The molecule has 0 saturated heterocycles. The lowest BCUT2D eigenvalue weighted by Gasteiger charge is -2.07. The molecule has 23 heavy (non-hydrogen) atoms. The highest BCUT2D eigenvalue weighted by atomic mass is 19.4. The van der Waals surface area contributed by atoms with E-state index in [1.54, 1.807) is 12.3 Å². The Morgan fingerprint density at radius 1 is 1.09 bits per heavy atom. The van der Waals surface area contributed by atoms with Gasteiger partial charge < -0.3 is 10.1 Å². The fraction of sp³-hybridized carbons (Fsp3) is 0.118. The van der Waals surface area contributed by atoms with Crippen molar-refractivity contribution in [3.8, 4) is 0 Å². The van der Waals surface area contributed by atoms with Crippen LogP contribution >= 0.6 is 0 Å². The molecular weight excluding hydrogens is 307 g/mol. The molecule has 0 amide bonds. The van der Waals surface area contributed by atoms with E-state index in [1.165, 1.54) is 24.3 Å². The summed E-state index contributed by atoms with van der Waals surface area (Å²) in [6.45, 7) is 0. The number of carboxylic acid groups (broad SMARTS) is 1. The minimum atomic E-state index is -4.34. The van der Waals surface area contributed by atoms with Crippen LogP contribution in [0.5, 0.6) is 0 Å². The van der Waals surface area contributed by atoms with Crippen LogP contribution in [0, 0.1) is 0 Å². The Bertz CT molecular complexity index is 864. The highest BCUT2D eigenvalue weighted by molar-refractivity contribution is 5.94. The van der Waals surface area contributed by atoms with Crippen molar-refractivity contribution >= 4 is 16.9 Å². The molecule has 0 radical (unpaired) electrons. The summed E-state index contributed by atoms with van der Waals surface area (Å²) in [5.74, 6) is -1.01. The number of carboxylic acids is 1. The molecular formula is C17H12F3NO2. The van der Waals surface area contributed by atoms with E-state index in [0.717, 1.165) is 28.6 Å². The molecule has 0 atom stereocenters. The van der Waals surface area contributed by atoms with Gasteiger partial charge in [-0.1, -0.05) is 18.2 Å². The van der Waals surface area contributed by atoms with E-state index < -0.39 is 17.7 Å². The first-order valence-corrected chi connectivity index (χ1v) is 6.84. The van der Waals surface area contributed by atoms with Gasteiger partial charge in [-0.15, -0.1) is 0 Å². The first kappa shape index (κ1) is 15.1. The number of hydrogen-bond donors (Lipinski definition) is 2. The van der Waals surface area contributed by atoms with Gasteiger partial charge in [0.1, 0.15) is 0 Å². The number of aromatic carboxylic acids is 1. The summed E-state index contributed by atoms with van der Waals surface area (Å²) >= 11 is 0. The third-order valence-corrected chi connectivity index (χ3v) is 3.69. The SMILES string of the molecule is O=C(O)c1ccc2c(Cc3ccc(C(F)(F)F)cc3)c[nH]c2c1. The first-order chi connectivity index (χ1) is 10.8. The summed E-state index contributed by atoms with van der Waals surface area (Å²) in [6.07, 6.45) is -2.13. The number of halogens is 3. The molecule has 3 aromatic rings. The number of fused-ring (bicyclic) bond motifs is 1. The van der Waals surface area contributed by atoms with E-state index >= 15 is 0 Å². The Kier molecular flexibility index (Phi) is 3.60. The van der Waals surface area contributed by atoms with Gasteiger partial charge in [-0.2, -0.15) is 13.2 Å². The standard InChI is InChI=1S/C17H12F3NO2/c18-17(19,20)13-4-1-10(2-5-13)7-12-9-21-15-8-11(16(22)23)3-6-14(12)15/h1-6,8-9,21H,7H2,(H,22,23). The number of alkyl halides is 3. The molecule has 0 bridgehead atoms. The minimum absolute atomic E-state index is 0.181. The zero-order valence-electron chi connectivity index (χ0n) is 11.8. The molecule has 2 N–H and O–H groups in total. The lowest BCUT2D eigenvalue weighted by atomic mass is 10.0. The van der Waals surface area contributed by atoms with E-state index in [4.69, 9.17) is 5.11 Å². The third-order valence-electron chi connectivity index (χ3n) is 3.69. The predicted octanol–water partition coefficient (Wildman–Crippen LogP) is 4.48. The van der Waals surface area contributed by atoms with Gasteiger partial charge in [-0.05, 0) is 41.8 Å². The van der Waals surface area contributed by atoms with Crippen molar-refractivity contribution in [2.24, 2.45) is 0 Å². The summed E-state index contributed by atoms with van der Waals surface area (Å²) in [5.41, 5.74) is 1.84. The van der Waals surface area contributed by atoms with Gasteiger partial charge in [-0.25, -0.2) is 4.79 Å². The van der Waals surface area contributed by atoms with Crippen LogP contribution in [0.2, 0.25) is 0 Å². The molecule has 0 fully saturated rings. The number of aromatic amines is 1. The molecule has 6 heteroatoms. The van der Waals surface area contributed by atoms with E-state index in [-0.39, 0.29) is 5.56 Å². The second kappa shape index (κ2) is 5.46. The maximum Gasteiger partial charge on any atom is 0.416 e. The Balaban J connectivity index is 1.88. The van der Waals surface area contributed by atoms with Crippen LogP contribution in [0.3, 0.4) is 0 Å². The van der Waals surface area contributed by atoms with E-state index in [2.05, 4.69) is 4.98 Å². The first-order valence-electron chi connectivity index (χ1n) is 6.84. The number of rotatable bonds is 3. The molecule has 3 rings (SSSR count). The number of aromatic nitrogens is 1. The van der Waals surface area contributed by atoms with Crippen LogP contribution in [0.25, 0.3) is 10.9 Å². The molecule has 0 aliphatic rings. The number of benzene rings is 2. The van der Waals surface area contributed by atoms with Crippen LogP contribution in [0.15, 0.2) is 48.7 Å². The Morgan fingerprint density at radius 3 is 2.39 bits per heavy atom. The van der Waals surface area contributed by atoms with Gasteiger partial charge in [0, 0.05) is 17.1 Å². The largest absolute Gasteiger partial charge is 0.478 e. The molecule has 0 aliphatic heterocycles. The maximum absolute atomic E-state index is 12.6. The molecule has 1 aromatic heterocycles. The smallest absolute Gasteiger partial charge is 0.416 e. The summed E-state index contributed by atoms with van der Waals surface area (Å²) < 4.78 is 37.7. The van der Waals surface area contributed by atoms with Crippen LogP contribution in [-0.2, 0) is 12.6 Å². The number of H-pyrrole nitrogens is 1. The molecule has 0 aliphatic carbocycles. The summed E-state index contributed by atoms with van der Waals surface area (Å²) in [6, 6.07) is 9.78. The fourth-order valence-corrected chi connectivity index (χ4v) is 2.50. The molecule has 0 spiro atoms. The summed E-state index contributed by atoms with van der Waals surface area (Å²) in [5, 5.41) is 9.83. The predicted molar refractivity (Wildman–Crippen MR) is 79.5 cm³/mol. The van der Waals surface area contributed by atoms with Gasteiger partial charge in [0.05, 0.1) is 11.1 Å². The molecule has 2 aromatic carbocycles. The molecule has 1 heterocycles. The zero-order chi connectivity index (χ0) is 16.6. The van der Waals surface area contributed by atoms with Gasteiger partial charge in [0.15, 0.2) is 0 Å². The maximum atomic E-state index is 12.6. The van der Waals surface area contributed by atoms with Gasteiger partial charge in [0.2, 0.25) is 0 Å². The highest BCUT2D eigenvalue weighted by Crippen LogP contribution is 2.30. The van der Waals surface area contributed by atoms with Gasteiger partial charge in [0.25, 0.3) is 0 Å². The average molecular weight is 319 g/mol. The topological polar surface area (TPSA) is 53.1 Å². The lowest BCUT2D eigenvalue weighted by Crippen LogP contribution is -2.04. The average Bonchev–Trinajstić information content (AvgIpc) is 2.89. The van der Waals surface area contributed by atoms with Crippen molar-refractivity contribution in [2.45, 2.75) is 12.6 Å². The summed E-state index contributed by atoms with van der Waals surface area (Å²) in [7, 11) is 0. The monoisotopic (exact) mass is 319 g/mol. The van der Waals surface area contributed by atoms with Crippen LogP contribution in [0.1, 0.15) is 27.0 Å². The molecule has 0 saturated carbocycles. The van der Waals surface area contributed by atoms with Crippen LogP contribution < -0.4 is 0 Å². The van der Waals surface area contributed by atoms with Crippen molar-refractivity contribution in [3.05, 3.63) is 70.9 Å².